The molecular weight excluding hydrogens is 415 g/mol. The van der Waals surface area contributed by atoms with Gasteiger partial charge in [0.25, 0.3) is 0 Å². The Hall–Kier alpha value is -2.94. The van der Waals surface area contributed by atoms with Crippen LogP contribution in [0.3, 0.4) is 0 Å². The van der Waals surface area contributed by atoms with Crippen LogP contribution in [0.2, 0.25) is 10.0 Å². The molecule has 0 amide bonds. The van der Waals surface area contributed by atoms with Gasteiger partial charge in [0, 0.05) is 37.7 Å². The molecule has 4 aromatic carbocycles. The summed E-state index contributed by atoms with van der Waals surface area (Å²) in [5.74, 6) is -0.327. The van der Waals surface area contributed by atoms with Crippen LogP contribution < -0.4 is 0 Å². The molecule has 30 heavy (non-hydrogen) atoms. The molecule has 0 aliphatic heterocycles. The van der Waals surface area contributed by atoms with E-state index in [1.165, 1.54) is 0 Å². The van der Waals surface area contributed by atoms with Crippen molar-refractivity contribution in [3.63, 3.8) is 0 Å². The van der Waals surface area contributed by atoms with Crippen molar-refractivity contribution < 1.29 is 9.59 Å². The maximum atomic E-state index is 13.5. The third-order valence-corrected chi connectivity index (χ3v) is 6.24. The van der Waals surface area contributed by atoms with Crippen molar-refractivity contribution in [1.29, 1.82) is 0 Å². The van der Waals surface area contributed by atoms with Crippen molar-refractivity contribution in [2.75, 3.05) is 0 Å². The van der Waals surface area contributed by atoms with E-state index in [-0.39, 0.29) is 11.6 Å². The lowest BCUT2D eigenvalue weighted by Gasteiger charge is -2.13. The summed E-state index contributed by atoms with van der Waals surface area (Å²) in [4.78, 5) is 26.9. The van der Waals surface area contributed by atoms with Gasteiger partial charge < -0.3 is 0 Å². The number of hydrogen-bond acceptors (Lipinski definition) is 2. The zero-order valence-corrected chi connectivity index (χ0v) is 18.0. The molecule has 2 nitrogen and oxygen atoms in total. The SMILES string of the molecule is Cc1c(Cl)cccc1C(=O)c1cccc2cccc(C(=O)c3cccc(Cl)c3C)c12. The summed E-state index contributed by atoms with van der Waals surface area (Å²) in [6.07, 6.45) is 0. The van der Waals surface area contributed by atoms with Crippen molar-refractivity contribution in [1.82, 2.24) is 0 Å². The fraction of sp³-hybridized carbons (Fsp3) is 0.0769. The molecule has 0 saturated carbocycles. The number of benzene rings is 4. The van der Waals surface area contributed by atoms with Crippen LogP contribution in [0.4, 0.5) is 0 Å². The molecule has 0 N–H and O–H groups in total. The van der Waals surface area contributed by atoms with Gasteiger partial charge in [-0.25, -0.2) is 0 Å². The van der Waals surface area contributed by atoms with Crippen molar-refractivity contribution in [3.05, 3.63) is 116 Å². The first-order valence-electron chi connectivity index (χ1n) is 9.51. The highest BCUT2D eigenvalue weighted by Gasteiger charge is 2.21. The summed E-state index contributed by atoms with van der Waals surface area (Å²) in [5, 5.41) is 2.53. The molecule has 0 aromatic heterocycles. The minimum Gasteiger partial charge on any atom is -0.289 e. The minimum atomic E-state index is -0.163. The van der Waals surface area contributed by atoms with Crippen molar-refractivity contribution in [3.8, 4) is 0 Å². The van der Waals surface area contributed by atoms with E-state index in [9.17, 15) is 9.59 Å². The zero-order valence-electron chi connectivity index (χ0n) is 16.5. The van der Waals surface area contributed by atoms with Crippen molar-refractivity contribution >= 4 is 45.5 Å². The fourth-order valence-corrected chi connectivity index (χ4v) is 4.07. The lowest BCUT2D eigenvalue weighted by molar-refractivity contribution is 0.103. The van der Waals surface area contributed by atoms with Crippen LogP contribution >= 0.6 is 23.2 Å². The van der Waals surface area contributed by atoms with E-state index in [0.29, 0.717) is 37.7 Å². The predicted molar refractivity (Wildman–Crippen MR) is 123 cm³/mol. The summed E-state index contributed by atoms with van der Waals surface area (Å²) >= 11 is 12.5. The standard InChI is InChI=1S/C26H18Cl2O2/c1-15-18(9-5-13-22(15)27)25(29)20-11-3-7-17-8-4-12-21(24(17)20)26(30)19-10-6-14-23(28)16(19)2/h3-14H,1-2H3. The number of fused-ring (bicyclic) bond motifs is 1. The Balaban J connectivity index is 1.96. The van der Waals surface area contributed by atoms with E-state index < -0.39 is 0 Å². The molecule has 0 unspecified atom stereocenters. The fourth-order valence-electron chi connectivity index (χ4n) is 3.72. The van der Waals surface area contributed by atoms with E-state index in [0.717, 1.165) is 16.5 Å². The number of rotatable bonds is 4. The van der Waals surface area contributed by atoms with E-state index in [4.69, 9.17) is 23.2 Å². The Bertz CT molecular complexity index is 1220. The molecule has 148 valence electrons. The van der Waals surface area contributed by atoms with Crippen molar-refractivity contribution in [2.45, 2.75) is 13.8 Å². The molecule has 0 heterocycles. The largest absolute Gasteiger partial charge is 0.289 e. The average molecular weight is 433 g/mol. The van der Waals surface area contributed by atoms with Gasteiger partial charge in [-0.3, -0.25) is 9.59 Å². The third-order valence-electron chi connectivity index (χ3n) is 5.42. The maximum absolute atomic E-state index is 13.5. The summed E-state index contributed by atoms with van der Waals surface area (Å²) in [6.45, 7) is 3.64. The molecule has 0 saturated heterocycles. The smallest absolute Gasteiger partial charge is 0.193 e. The summed E-state index contributed by atoms with van der Waals surface area (Å²) in [5.41, 5.74) is 3.43. The van der Waals surface area contributed by atoms with Crippen LogP contribution in [0.15, 0.2) is 72.8 Å². The molecule has 0 bridgehead atoms. The van der Waals surface area contributed by atoms with Crippen LogP contribution in [0.5, 0.6) is 0 Å². The second-order valence-electron chi connectivity index (χ2n) is 7.19. The molecule has 4 aromatic rings. The number of ketones is 2. The Morgan fingerprint density at radius 2 is 0.933 bits per heavy atom. The molecular formula is C26H18Cl2O2. The molecule has 4 heteroatoms. The average Bonchev–Trinajstić information content (AvgIpc) is 2.76. The van der Waals surface area contributed by atoms with Gasteiger partial charge in [-0.2, -0.15) is 0 Å². The number of hydrogen-bond donors (Lipinski definition) is 0. The molecule has 0 aliphatic rings. The van der Waals surface area contributed by atoms with Gasteiger partial charge in [-0.05, 0) is 42.5 Å². The van der Waals surface area contributed by atoms with E-state index in [2.05, 4.69) is 0 Å². The zero-order chi connectivity index (χ0) is 21.4. The third kappa shape index (κ3) is 3.43. The Labute approximate surface area is 185 Å². The Morgan fingerprint density at radius 1 is 0.567 bits per heavy atom. The topological polar surface area (TPSA) is 34.1 Å². The second-order valence-corrected chi connectivity index (χ2v) is 8.01. The van der Waals surface area contributed by atoms with Gasteiger partial charge in [0.1, 0.15) is 0 Å². The van der Waals surface area contributed by atoms with E-state index >= 15 is 0 Å². The maximum Gasteiger partial charge on any atom is 0.193 e. The van der Waals surface area contributed by atoms with Gasteiger partial charge in [0.15, 0.2) is 11.6 Å². The van der Waals surface area contributed by atoms with Crippen LogP contribution in [0.1, 0.15) is 43.0 Å². The van der Waals surface area contributed by atoms with Crippen molar-refractivity contribution in [2.24, 2.45) is 0 Å². The predicted octanol–water partition coefficient (Wildman–Crippen LogP) is 7.23. The first-order valence-corrected chi connectivity index (χ1v) is 10.3. The van der Waals surface area contributed by atoms with Crippen LogP contribution in [-0.2, 0) is 0 Å². The summed E-state index contributed by atoms with van der Waals surface area (Å²) < 4.78 is 0. The molecule has 0 spiro atoms. The monoisotopic (exact) mass is 432 g/mol. The Kier molecular flexibility index (Phi) is 5.46. The van der Waals surface area contributed by atoms with E-state index in [1.54, 1.807) is 48.5 Å². The number of carbonyl (C=O) groups is 2. The van der Waals surface area contributed by atoms with Gasteiger partial charge >= 0.3 is 0 Å². The van der Waals surface area contributed by atoms with Crippen LogP contribution in [0, 0.1) is 13.8 Å². The lowest BCUT2D eigenvalue weighted by Crippen LogP contribution is -2.09. The minimum absolute atomic E-state index is 0.163. The summed E-state index contributed by atoms with van der Waals surface area (Å²) in [6, 6.07) is 21.5. The van der Waals surface area contributed by atoms with Gasteiger partial charge in [-0.1, -0.05) is 83.9 Å². The summed E-state index contributed by atoms with van der Waals surface area (Å²) in [7, 11) is 0. The van der Waals surface area contributed by atoms with Gasteiger partial charge in [-0.15, -0.1) is 0 Å². The molecule has 0 fully saturated rings. The first kappa shape index (κ1) is 20.3. The normalized spacial score (nSPS) is 10.9. The number of halogens is 2. The van der Waals surface area contributed by atoms with Gasteiger partial charge in [0.05, 0.1) is 0 Å². The lowest BCUT2D eigenvalue weighted by atomic mass is 9.89. The molecule has 4 rings (SSSR count). The Morgan fingerprint density at radius 3 is 1.37 bits per heavy atom. The molecule has 0 radical (unpaired) electrons. The molecule has 0 atom stereocenters. The first-order chi connectivity index (χ1) is 14.4. The number of carbonyl (C=O) groups excluding carboxylic acids is 2. The van der Waals surface area contributed by atoms with Gasteiger partial charge in [0.2, 0.25) is 0 Å². The van der Waals surface area contributed by atoms with Crippen LogP contribution in [-0.4, -0.2) is 11.6 Å². The molecule has 0 aliphatic carbocycles. The highest BCUT2D eigenvalue weighted by Crippen LogP contribution is 2.30. The second kappa shape index (κ2) is 8.06. The highest BCUT2D eigenvalue weighted by atomic mass is 35.5. The highest BCUT2D eigenvalue weighted by molar-refractivity contribution is 6.33. The van der Waals surface area contributed by atoms with Crippen LogP contribution in [0.25, 0.3) is 10.8 Å². The van der Waals surface area contributed by atoms with E-state index in [1.807, 2.05) is 38.1 Å². The quantitative estimate of drug-likeness (QED) is 0.318.